The molecule has 20 heavy (non-hydrogen) atoms. The summed E-state index contributed by atoms with van der Waals surface area (Å²) in [5.74, 6) is 0.788. The third-order valence-corrected chi connectivity index (χ3v) is 3.70. The van der Waals surface area contributed by atoms with Gasteiger partial charge in [-0.3, -0.25) is 0 Å². The molecule has 7 heteroatoms. The van der Waals surface area contributed by atoms with Crippen LogP contribution in [0.1, 0.15) is 18.5 Å². The summed E-state index contributed by atoms with van der Waals surface area (Å²) in [6.45, 7) is 4.38. The minimum absolute atomic E-state index is 0.0859. The first-order valence-corrected chi connectivity index (χ1v) is 6.95. The third kappa shape index (κ3) is 2.46. The van der Waals surface area contributed by atoms with Crippen molar-refractivity contribution in [1.29, 1.82) is 0 Å². The fourth-order valence-electron chi connectivity index (χ4n) is 2.73. The molecule has 0 radical (unpaired) electrons. The van der Waals surface area contributed by atoms with Crippen LogP contribution < -0.4 is 10.2 Å². The van der Waals surface area contributed by atoms with Gasteiger partial charge >= 0.3 is 0 Å². The first-order valence-electron chi connectivity index (χ1n) is 6.95. The van der Waals surface area contributed by atoms with Gasteiger partial charge in [0.05, 0.1) is 12.3 Å². The molecular weight excluding hydrogens is 258 g/mol. The number of anilines is 1. The van der Waals surface area contributed by atoms with Gasteiger partial charge in [0.15, 0.2) is 0 Å². The summed E-state index contributed by atoms with van der Waals surface area (Å²) in [5.41, 5.74) is 1.27. The van der Waals surface area contributed by atoms with Gasteiger partial charge in [0, 0.05) is 19.1 Å². The second kappa shape index (κ2) is 5.72. The van der Waals surface area contributed by atoms with E-state index in [1.807, 2.05) is 6.92 Å². The number of aryl methyl sites for hydroxylation is 1. The van der Waals surface area contributed by atoms with Gasteiger partial charge in [0.2, 0.25) is 0 Å². The quantitative estimate of drug-likeness (QED) is 0.821. The standard InChI is InChI=1S/C13H19N5O2/c1-9-11-12(15-8-16-13(11)20-17-9)18(5-6-19)7-10-3-2-4-14-10/h8,10,14,19H,2-7H2,1H3. The van der Waals surface area contributed by atoms with Gasteiger partial charge < -0.3 is 19.8 Å². The zero-order valence-electron chi connectivity index (χ0n) is 11.5. The number of fused-ring (bicyclic) bond motifs is 1. The van der Waals surface area contributed by atoms with Crippen molar-refractivity contribution in [2.75, 3.05) is 31.1 Å². The number of nitrogens with one attached hydrogen (secondary N) is 1. The lowest BCUT2D eigenvalue weighted by Gasteiger charge is -2.26. The zero-order valence-corrected chi connectivity index (χ0v) is 11.5. The summed E-state index contributed by atoms with van der Waals surface area (Å²) in [6, 6.07) is 0.437. The molecule has 0 saturated carbocycles. The van der Waals surface area contributed by atoms with Crippen molar-refractivity contribution in [3.63, 3.8) is 0 Å². The van der Waals surface area contributed by atoms with Gasteiger partial charge in [-0.25, -0.2) is 4.98 Å². The minimum Gasteiger partial charge on any atom is -0.395 e. The number of aliphatic hydroxyl groups excluding tert-OH is 1. The molecule has 2 aromatic heterocycles. The highest BCUT2D eigenvalue weighted by molar-refractivity contribution is 5.87. The first kappa shape index (κ1) is 13.3. The lowest BCUT2D eigenvalue weighted by molar-refractivity contribution is 0.300. The number of aromatic nitrogens is 3. The second-order valence-electron chi connectivity index (χ2n) is 5.11. The highest BCUT2D eigenvalue weighted by atomic mass is 16.5. The van der Waals surface area contributed by atoms with Crippen molar-refractivity contribution in [1.82, 2.24) is 20.4 Å². The summed E-state index contributed by atoms with van der Waals surface area (Å²) in [4.78, 5) is 10.5. The molecule has 1 unspecified atom stereocenters. The summed E-state index contributed by atoms with van der Waals surface area (Å²) in [7, 11) is 0. The number of rotatable bonds is 5. The van der Waals surface area contributed by atoms with E-state index in [-0.39, 0.29) is 6.61 Å². The molecule has 0 aliphatic carbocycles. The third-order valence-electron chi connectivity index (χ3n) is 3.70. The normalized spacial score (nSPS) is 18.8. The van der Waals surface area contributed by atoms with E-state index in [2.05, 4.69) is 25.3 Å². The van der Waals surface area contributed by atoms with Crippen molar-refractivity contribution < 1.29 is 9.63 Å². The summed E-state index contributed by atoms with van der Waals surface area (Å²) < 4.78 is 5.18. The van der Waals surface area contributed by atoms with Crippen LogP contribution >= 0.6 is 0 Å². The van der Waals surface area contributed by atoms with Crippen molar-refractivity contribution in [2.45, 2.75) is 25.8 Å². The van der Waals surface area contributed by atoms with Crippen LogP contribution in [0.2, 0.25) is 0 Å². The van der Waals surface area contributed by atoms with Gasteiger partial charge in [-0.2, -0.15) is 4.98 Å². The van der Waals surface area contributed by atoms with Crippen molar-refractivity contribution >= 4 is 16.9 Å². The Balaban J connectivity index is 1.93. The van der Waals surface area contributed by atoms with Crippen LogP contribution in [-0.2, 0) is 0 Å². The molecule has 3 rings (SSSR count). The maximum absolute atomic E-state index is 9.32. The lowest BCUT2D eigenvalue weighted by Crippen LogP contribution is -2.39. The number of hydrogen-bond acceptors (Lipinski definition) is 7. The van der Waals surface area contributed by atoms with Crippen LogP contribution in [0, 0.1) is 6.92 Å². The zero-order chi connectivity index (χ0) is 13.9. The fraction of sp³-hybridized carbons (Fsp3) is 0.615. The van der Waals surface area contributed by atoms with Crippen molar-refractivity contribution in [3.05, 3.63) is 12.0 Å². The SMILES string of the molecule is Cc1noc2ncnc(N(CCO)CC3CCCN3)c12. The molecule has 2 aromatic rings. The Morgan fingerprint density at radius 2 is 2.40 bits per heavy atom. The van der Waals surface area contributed by atoms with Crippen LogP contribution in [0.4, 0.5) is 5.82 Å². The van der Waals surface area contributed by atoms with E-state index in [0.29, 0.717) is 18.3 Å². The molecule has 0 bridgehead atoms. The van der Waals surface area contributed by atoms with Crippen molar-refractivity contribution in [3.8, 4) is 0 Å². The molecule has 0 amide bonds. The maximum Gasteiger partial charge on any atom is 0.263 e. The molecule has 1 fully saturated rings. The van der Waals surface area contributed by atoms with Crippen molar-refractivity contribution in [2.24, 2.45) is 0 Å². The molecular formula is C13H19N5O2. The maximum atomic E-state index is 9.32. The molecule has 2 N–H and O–H groups in total. The van der Waals surface area contributed by atoms with E-state index in [1.54, 1.807) is 0 Å². The molecule has 108 valence electrons. The average Bonchev–Trinajstić information content (AvgIpc) is 3.09. The van der Waals surface area contributed by atoms with Gasteiger partial charge in [-0.1, -0.05) is 5.16 Å². The Morgan fingerprint density at radius 3 is 3.15 bits per heavy atom. The molecule has 1 aliphatic rings. The molecule has 0 spiro atoms. The van der Waals surface area contributed by atoms with E-state index in [9.17, 15) is 5.11 Å². The van der Waals surface area contributed by atoms with Gasteiger partial charge in [0.1, 0.15) is 17.5 Å². The summed E-state index contributed by atoms with van der Waals surface area (Å²) >= 11 is 0. The van der Waals surface area contributed by atoms with Gasteiger partial charge in [0.25, 0.3) is 5.71 Å². The Kier molecular flexibility index (Phi) is 3.79. The average molecular weight is 277 g/mol. The van der Waals surface area contributed by atoms with E-state index in [1.165, 1.54) is 12.7 Å². The largest absolute Gasteiger partial charge is 0.395 e. The van der Waals surface area contributed by atoms with E-state index in [4.69, 9.17) is 4.52 Å². The Hall–Kier alpha value is -1.73. The Morgan fingerprint density at radius 1 is 1.50 bits per heavy atom. The van der Waals surface area contributed by atoms with E-state index < -0.39 is 0 Å². The number of nitrogens with zero attached hydrogens (tertiary/aromatic N) is 4. The lowest BCUT2D eigenvalue weighted by atomic mass is 10.2. The molecule has 1 aliphatic heterocycles. The smallest absolute Gasteiger partial charge is 0.263 e. The minimum atomic E-state index is 0.0859. The van der Waals surface area contributed by atoms with Crippen LogP contribution in [0.3, 0.4) is 0 Å². The van der Waals surface area contributed by atoms with Gasteiger partial charge in [-0.05, 0) is 26.3 Å². The Labute approximate surface area is 117 Å². The molecule has 1 saturated heterocycles. The second-order valence-corrected chi connectivity index (χ2v) is 5.11. The highest BCUT2D eigenvalue weighted by Gasteiger charge is 2.22. The summed E-state index contributed by atoms with van der Waals surface area (Å²) in [5, 5.41) is 17.6. The molecule has 7 nitrogen and oxygen atoms in total. The van der Waals surface area contributed by atoms with Crippen LogP contribution in [0.25, 0.3) is 11.1 Å². The predicted molar refractivity (Wildman–Crippen MR) is 74.7 cm³/mol. The molecule has 1 atom stereocenters. The van der Waals surface area contributed by atoms with Crippen LogP contribution in [-0.4, -0.2) is 52.5 Å². The first-order chi connectivity index (χ1) is 9.79. The monoisotopic (exact) mass is 277 g/mol. The molecule has 0 aromatic carbocycles. The molecule has 3 heterocycles. The van der Waals surface area contributed by atoms with Gasteiger partial charge in [-0.15, -0.1) is 0 Å². The van der Waals surface area contributed by atoms with E-state index >= 15 is 0 Å². The van der Waals surface area contributed by atoms with Crippen LogP contribution in [0.15, 0.2) is 10.9 Å². The van der Waals surface area contributed by atoms with E-state index in [0.717, 1.165) is 36.4 Å². The Bertz CT molecular complexity index is 579. The topological polar surface area (TPSA) is 87.3 Å². The predicted octanol–water partition coefficient (Wildman–Crippen LogP) is 0.477. The highest BCUT2D eigenvalue weighted by Crippen LogP contribution is 2.26. The number of hydrogen-bond donors (Lipinski definition) is 2. The van der Waals surface area contributed by atoms with Crippen LogP contribution in [0.5, 0.6) is 0 Å². The number of aliphatic hydroxyl groups is 1. The summed E-state index contributed by atoms with van der Waals surface area (Å²) in [6.07, 6.45) is 3.83. The fourth-order valence-corrected chi connectivity index (χ4v) is 2.73.